The minimum Gasteiger partial charge on any atom is -0.494 e. The first-order chi connectivity index (χ1) is 14.5. The molecular formula is C23H23NO6. The number of carbonyl (C=O) groups is 1. The van der Waals surface area contributed by atoms with Gasteiger partial charge in [-0.2, -0.15) is 0 Å². The number of fused-ring (bicyclic) bond motifs is 2. The SMILES string of the molecule is CCOc1cc2c(cc1CNC(=O)c1cc3cccc(OC)c3oc1=O)OC(C)C2. The molecule has 30 heavy (non-hydrogen) atoms. The maximum Gasteiger partial charge on any atom is 0.349 e. The molecular weight excluding hydrogens is 386 g/mol. The van der Waals surface area contributed by atoms with E-state index in [1.54, 1.807) is 18.2 Å². The molecule has 1 atom stereocenters. The third kappa shape index (κ3) is 3.70. The first-order valence-corrected chi connectivity index (χ1v) is 9.84. The van der Waals surface area contributed by atoms with Crippen LogP contribution in [0.5, 0.6) is 17.2 Å². The van der Waals surface area contributed by atoms with Gasteiger partial charge in [0.25, 0.3) is 5.91 Å². The van der Waals surface area contributed by atoms with Crippen LogP contribution in [0.1, 0.15) is 35.3 Å². The fraction of sp³-hybridized carbons (Fsp3) is 0.304. The number of carbonyl (C=O) groups excluding carboxylic acids is 1. The van der Waals surface area contributed by atoms with Crippen LogP contribution in [0.25, 0.3) is 11.0 Å². The van der Waals surface area contributed by atoms with Gasteiger partial charge in [-0.25, -0.2) is 4.79 Å². The topological polar surface area (TPSA) is 87.0 Å². The Morgan fingerprint density at radius 2 is 2.07 bits per heavy atom. The third-order valence-corrected chi connectivity index (χ3v) is 5.01. The molecule has 7 heteroatoms. The molecule has 2 aromatic carbocycles. The summed E-state index contributed by atoms with van der Waals surface area (Å²) in [5.74, 6) is 1.41. The highest BCUT2D eigenvalue weighted by atomic mass is 16.5. The normalized spacial score (nSPS) is 14.8. The molecule has 1 amide bonds. The summed E-state index contributed by atoms with van der Waals surface area (Å²) >= 11 is 0. The number of nitrogens with one attached hydrogen (secondary N) is 1. The number of hydrogen-bond acceptors (Lipinski definition) is 6. The van der Waals surface area contributed by atoms with Crippen LogP contribution in [-0.2, 0) is 13.0 Å². The summed E-state index contributed by atoms with van der Waals surface area (Å²) in [5.41, 5.74) is 1.39. The average molecular weight is 409 g/mol. The van der Waals surface area contributed by atoms with Crippen LogP contribution in [-0.4, -0.2) is 25.7 Å². The zero-order chi connectivity index (χ0) is 21.3. The van der Waals surface area contributed by atoms with Gasteiger partial charge in [0, 0.05) is 29.5 Å². The molecule has 1 N–H and O–H groups in total. The summed E-state index contributed by atoms with van der Waals surface area (Å²) in [4.78, 5) is 25.1. The molecule has 0 radical (unpaired) electrons. The van der Waals surface area contributed by atoms with Crippen molar-refractivity contribution in [2.75, 3.05) is 13.7 Å². The lowest BCUT2D eigenvalue weighted by atomic mass is 10.1. The third-order valence-electron chi connectivity index (χ3n) is 5.01. The highest BCUT2D eigenvalue weighted by Crippen LogP contribution is 2.35. The van der Waals surface area contributed by atoms with Crippen LogP contribution in [0.4, 0.5) is 0 Å². The van der Waals surface area contributed by atoms with E-state index >= 15 is 0 Å². The highest BCUT2D eigenvalue weighted by molar-refractivity contribution is 5.97. The van der Waals surface area contributed by atoms with Crippen LogP contribution in [0.3, 0.4) is 0 Å². The van der Waals surface area contributed by atoms with Crippen LogP contribution < -0.4 is 25.2 Å². The predicted octanol–water partition coefficient (Wildman–Crippen LogP) is 3.45. The lowest BCUT2D eigenvalue weighted by Crippen LogP contribution is -2.28. The molecule has 4 rings (SSSR count). The first-order valence-electron chi connectivity index (χ1n) is 9.84. The highest BCUT2D eigenvalue weighted by Gasteiger charge is 2.22. The van der Waals surface area contributed by atoms with E-state index in [1.807, 2.05) is 26.0 Å². The number of hydrogen-bond donors (Lipinski definition) is 1. The van der Waals surface area contributed by atoms with Crippen molar-refractivity contribution in [1.29, 1.82) is 0 Å². The second kappa shape index (κ2) is 8.10. The Kier molecular flexibility index (Phi) is 5.35. The number of amides is 1. The van der Waals surface area contributed by atoms with E-state index in [0.717, 1.165) is 23.3 Å². The smallest absolute Gasteiger partial charge is 0.349 e. The molecule has 1 aromatic heterocycles. The molecule has 156 valence electrons. The molecule has 0 fully saturated rings. The molecule has 0 bridgehead atoms. The predicted molar refractivity (Wildman–Crippen MR) is 112 cm³/mol. The van der Waals surface area contributed by atoms with Gasteiger partial charge in [-0.1, -0.05) is 12.1 Å². The molecule has 0 saturated carbocycles. The Balaban J connectivity index is 1.59. The lowest BCUT2D eigenvalue weighted by Gasteiger charge is -2.13. The van der Waals surface area contributed by atoms with Crippen molar-refractivity contribution in [2.24, 2.45) is 0 Å². The maximum absolute atomic E-state index is 12.7. The zero-order valence-corrected chi connectivity index (χ0v) is 17.1. The van der Waals surface area contributed by atoms with Crippen LogP contribution in [0.2, 0.25) is 0 Å². The second-order valence-electron chi connectivity index (χ2n) is 7.14. The molecule has 1 unspecified atom stereocenters. The molecule has 0 aliphatic carbocycles. The van der Waals surface area contributed by atoms with Crippen LogP contribution >= 0.6 is 0 Å². The standard InChI is InChI=1S/C23H23NO6/c1-4-28-19-10-15-8-13(2)29-20(15)11-16(19)12-24-22(25)17-9-14-6-5-7-18(27-3)21(14)30-23(17)26/h5-7,9-11,13H,4,8,12H2,1-3H3,(H,24,25). The number of para-hydroxylation sites is 1. The number of ether oxygens (including phenoxy) is 3. The van der Waals surface area contributed by atoms with Crippen molar-refractivity contribution in [1.82, 2.24) is 5.32 Å². The summed E-state index contributed by atoms with van der Waals surface area (Å²) in [5, 5.41) is 3.39. The van der Waals surface area contributed by atoms with Gasteiger partial charge in [0.1, 0.15) is 23.2 Å². The summed E-state index contributed by atoms with van der Waals surface area (Å²) in [6, 6.07) is 10.6. The van der Waals surface area contributed by atoms with Crippen molar-refractivity contribution >= 4 is 16.9 Å². The van der Waals surface area contributed by atoms with Crippen molar-refractivity contribution in [3.8, 4) is 17.2 Å². The Labute approximate surface area is 173 Å². The van der Waals surface area contributed by atoms with E-state index in [2.05, 4.69) is 5.32 Å². The van der Waals surface area contributed by atoms with Crippen LogP contribution in [0, 0.1) is 0 Å². The van der Waals surface area contributed by atoms with Crippen molar-refractivity contribution in [2.45, 2.75) is 32.9 Å². The van der Waals surface area contributed by atoms with Gasteiger partial charge in [-0.3, -0.25) is 4.79 Å². The van der Waals surface area contributed by atoms with E-state index in [4.69, 9.17) is 18.6 Å². The summed E-state index contributed by atoms with van der Waals surface area (Å²) in [6.07, 6.45) is 0.933. The van der Waals surface area contributed by atoms with E-state index in [0.29, 0.717) is 29.1 Å². The molecule has 0 spiro atoms. The quantitative estimate of drug-likeness (QED) is 0.628. The molecule has 7 nitrogen and oxygen atoms in total. The van der Waals surface area contributed by atoms with Gasteiger partial charge in [-0.05, 0) is 38.1 Å². The second-order valence-corrected chi connectivity index (χ2v) is 7.14. The van der Waals surface area contributed by atoms with Gasteiger partial charge in [0.05, 0.1) is 13.7 Å². The van der Waals surface area contributed by atoms with E-state index in [-0.39, 0.29) is 18.2 Å². The summed E-state index contributed by atoms with van der Waals surface area (Å²) < 4.78 is 22.1. The first kappa shape index (κ1) is 19.8. The molecule has 1 aliphatic rings. The van der Waals surface area contributed by atoms with E-state index in [9.17, 15) is 9.59 Å². The van der Waals surface area contributed by atoms with Crippen molar-refractivity contribution < 1.29 is 23.4 Å². The van der Waals surface area contributed by atoms with Crippen molar-refractivity contribution in [3.05, 3.63) is 63.5 Å². The van der Waals surface area contributed by atoms with Gasteiger partial charge in [0.2, 0.25) is 0 Å². The number of methoxy groups -OCH3 is 1. The summed E-state index contributed by atoms with van der Waals surface area (Å²) in [7, 11) is 1.49. The fourth-order valence-corrected chi connectivity index (χ4v) is 3.62. The van der Waals surface area contributed by atoms with Crippen molar-refractivity contribution in [3.63, 3.8) is 0 Å². The average Bonchev–Trinajstić information content (AvgIpc) is 3.09. The lowest BCUT2D eigenvalue weighted by molar-refractivity contribution is 0.0947. The minimum absolute atomic E-state index is 0.0697. The Morgan fingerprint density at radius 3 is 2.83 bits per heavy atom. The Bertz CT molecular complexity index is 1170. The Hall–Kier alpha value is -3.48. The van der Waals surface area contributed by atoms with Gasteiger partial charge >= 0.3 is 5.63 Å². The number of benzene rings is 2. The zero-order valence-electron chi connectivity index (χ0n) is 17.1. The largest absolute Gasteiger partial charge is 0.494 e. The maximum atomic E-state index is 12.7. The van der Waals surface area contributed by atoms with E-state index in [1.165, 1.54) is 13.2 Å². The molecule has 1 aliphatic heterocycles. The minimum atomic E-state index is -0.722. The van der Waals surface area contributed by atoms with Gasteiger partial charge in [-0.15, -0.1) is 0 Å². The molecule has 2 heterocycles. The molecule has 0 saturated heterocycles. The fourth-order valence-electron chi connectivity index (χ4n) is 3.62. The van der Waals surface area contributed by atoms with Gasteiger partial charge in [0.15, 0.2) is 11.3 Å². The van der Waals surface area contributed by atoms with E-state index < -0.39 is 11.5 Å². The number of rotatable bonds is 6. The monoisotopic (exact) mass is 409 g/mol. The summed E-state index contributed by atoms with van der Waals surface area (Å²) in [6.45, 7) is 4.61. The van der Waals surface area contributed by atoms with Gasteiger partial charge < -0.3 is 23.9 Å². The Morgan fingerprint density at radius 1 is 1.23 bits per heavy atom. The van der Waals surface area contributed by atoms with Crippen LogP contribution in [0.15, 0.2) is 45.6 Å². The molecule has 3 aromatic rings.